The van der Waals surface area contributed by atoms with Crippen LogP contribution in [0, 0.1) is 0 Å². The lowest BCUT2D eigenvalue weighted by Gasteiger charge is -2.26. The number of para-hydroxylation sites is 1. The molecule has 0 amide bonds. The first-order chi connectivity index (χ1) is 9.10. The largest absolute Gasteiger partial charge is 0.478 e. The Morgan fingerprint density at radius 1 is 1.32 bits per heavy atom. The summed E-state index contributed by atoms with van der Waals surface area (Å²) in [7, 11) is 0. The van der Waals surface area contributed by atoms with Crippen molar-refractivity contribution in [3.63, 3.8) is 0 Å². The molecule has 3 nitrogen and oxygen atoms in total. The van der Waals surface area contributed by atoms with Crippen molar-refractivity contribution in [3.8, 4) is 0 Å². The second-order valence-electron chi connectivity index (χ2n) is 4.34. The van der Waals surface area contributed by atoms with E-state index in [0.717, 1.165) is 43.3 Å². The van der Waals surface area contributed by atoms with Crippen LogP contribution < -0.4 is 4.90 Å². The number of carboxylic acids is 1. The van der Waals surface area contributed by atoms with E-state index in [1.54, 1.807) is 6.08 Å². The second-order valence-corrected chi connectivity index (χ2v) is 4.74. The molecular weight excluding hydrogens is 262 g/mol. The van der Waals surface area contributed by atoms with E-state index in [1.807, 2.05) is 18.2 Å². The van der Waals surface area contributed by atoms with Gasteiger partial charge in [-0.2, -0.15) is 0 Å². The third-order valence-electron chi connectivity index (χ3n) is 2.73. The molecule has 1 aromatic rings. The van der Waals surface area contributed by atoms with Gasteiger partial charge in [0.25, 0.3) is 0 Å². The Balaban J connectivity index is 3.17. The lowest BCUT2D eigenvalue weighted by molar-refractivity contribution is -0.131. The first kappa shape index (κ1) is 15.6. The van der Waals surface area contributed by atoms with E-state index in [9.17, 15) is 4.79 Å². The summed E-state index contributed by atoms with van der Waals surface area (Å²) in [6.45, 7) is 6.05. The molecule has 0 heterocycles. The summed E-state index contributed by atoms with van der Waals surface area (Å²) < 4.78 is 0. The van der Waals surface area contributed by atoms with E-state index in [2.05, 4.69) is 18.7 Å². The molecule has 1 aromatic carbocycles. The molecule has 19 heavy (non-hydrogen) atoms. The van der Waals surface area contributed by atoms with Gasteiger partial charge in [0.15, 0.2) is 0 Å². The van der Waals surface area contributed by atoms with Crippen molar-refractivity contribution in [3.05, 3.63) is 34.9 Å². The second kappa shape index (κ2) is 7.85. The number of benzene rings is 1. The normalized spacial score (nSPS) is 10.9. The highest BCUT2D eigenvalue weighted by molar-refractivity contribution is 6.33. The van der Waals surface area contributed by atoms with E-state index >= 15 is 0 Å². The van der Waals surface area contributed by atoms with Gasteiger partial charge in [-0.3, -0.25) is 0 Å². The van der Waals surface area contributed by atoms with Gasteiger partial charge in [-0.1, -0.05) is 37.6 Å². The predicted molar refractivity (Wildman–Crippen MR) is 80.9 cm³/mol. The summed E-state index contributed by atoms with van der Waals surface area (Å²) in [6, 6.07) is 5.57. The summed E-state index contributed by atoms with van der Waals surface area (Å²) in [5.74, 6) is -0.955. The number of carboxylic acid groups (broad SMARTS) is 1. The van der Waals surface area contributed by atoms with Crippen LogP contribution in [0.1, 0.15) is 32.3 Å². The summed E-state index contributed by atoms with van der Waals surface area (Å²) in [5.41, 5.74) is 1.77. The number of nitrogens with zero attached hydrogens (tertiary/aromatic N) is 1. The SMILES string of the molecule is CCCN(CCC)c1c(Cl)cccc1/C=C/C(=O)O. The molecule has 0 radical (unpaired) electrons. The fourth-order valence-electron chi connectivity index (χ4n) is 2.04. The van der Waals surface area contributed by atoms with Gasteiger partial charge in [0.05, 0.1) is 10.7 Å². The molecule has 0 saturated carbocycles. The molecule has 0 bridgehead atoms. The van der Waals surface area contributed by atoms with Crippen molar-refractivity contribution in [1.29, 1.82) is 0 Å². The number of hydrogen-bond donors (Lipinski definition) is 1. The third-order valence-corrected chi connectivity index (χ3v) is 3.03. The molecule has 0 fully saturated rings. The van der Waals surface area contributed by atoms with Crippen molar-refractivity contribution in [2.45, 2.75) is 26.7 Å². The summed E-state index contributed by atoms with van der Waals surface area (Å²) in [6.07, 6.45) is 4.79. The maximum absolute atomic E-state index is 10.7. The van der Waals surface area contributed by atoms with Crippen molar-refractivity contribution < 1.29 is 9.90 Å². The number of hydrogen-bond acceptors (Lipinski definition) is 2. The van der Waals surface area contributed by atoms with Gasteiger partial charge in [0.1, 0.15) is 0 Å². The molecule has 1 rings (SSSR count). The van der Waals surface area contributed by atoms with Crippen LogP contribution in [0.4, 0.5) is 5.69 Å². The number of halogens is 1. The van der Waals surface area contributed by atoms with E-state index in [4.69, 9.17) is 16.7 Å². The first-order valence-corrected chi connectivity index (χ1v) is 6.92. The third kappa shape index (κ3) is 4.60. The lowest BCUT2D eigenvalue weighted by atomic mass is 10.1. The first-order valence-electron chi connectivity index (χ1n) is 6.54. The zero-order valence-electron chi connectivity index (χ0n) is 11.4. The van der Waals surface area contributed by atoms with E-state index < -0.39 is 5.97 Å². The van der Waals surface area contributed by atoms with Crippen LogP contribution in [0.2, 0.25) is 5.02 Å². The maximum atomic E-state index is 10.7. The van der Waals surface area contributed by atoms with E-state index in [-0.39, 0.29) is 0 Å². The molecule has 0 aromatic heterocycles. The van der Waals surface area contributed by atoms with Crippen molar-refractivity contribution in [2.75, 3.05) is 18.0 Å². The molecule has 0 aliphatic carbocycles. The molecule has 1 N–H and O–H groups in total. The van der Waals surface area contributed by atoms with Crippen molar-refractivity contribution >= 4 is 29.3 Å². The van der Waals surface area contributed by atoms with Crippen LogP contribution in [0.5, 0.6) is 0 Å². The Bertz CT molecular complexity index is 451. The van der Waals surface area contributed by atoms with Gasteiger partial charge in [0.2, 0.25) is 0 Å². The number of rotatable bonds is 7. The molecule has 104 valence electrons. The highest BCUT2D eigenvalue weighted by Crippen LogP contribution is 2.31. The van der Waals surface area contributed by atoms with Gasteiger partial charge < -0.3 is 10.0 Å². The fourth-order valence-corrected chi connectivity index (χ4v) is 2.34. The molecule has 0 unspecified atom stereocenters. The fraction of sp³-hybridized carbons (Fsp3) is 0.400. The van der Waals surface area contributed by atoms with Gasteiger partial charge in [-0.05, 0) is 30.5 Å². The highest BCUT2D eigenvalue weighted by Gasteiger charge is 2.12. The monoisotopic (exact) mass is 281 g/mol. The van der Waals surface area contributed by atoms with E-state index in [1.165, 1.54) is 0 Å². The molecular formula is C15H20ClNO2. The Labute approximate surface area is 119 Å². The maximum Gasteiger partial charge on any atom is 0.328 e. The smallest absolute Gasteiger partial charge is 0.328 e. The molecule has 0 aliphatic rings. The van der Waals surface area contributed by atoms with Crippen molar-refractivity contribution in [2.24, 2.45) is 0 Å². The summed E-state index contributed by atoms with van der Waals surface area (Å²) in [5, 5.41) is 9.41. The molecule has 0 atom stereocenters. The molecule has 0 saturated heterocycles. The van der Waals surface area contributed by atoms with Gasteiger partial charge in [0, 0.05) is 19.2 Å². The minimum atomic E-state index is -0.955. The quantitative estimate of drug-likeness (QED) is 0.766. The van der Waals surface area contributed by atoms with Gasteiger partial charge in [-0.25, -0.2) is 4.79 Å². The Morgan fingerprint density at radius 2 is 1.95 bits per heavy atom. The number of anilines is 1. The van der Waals surface area contributed by atoms with E-state index in [0.29, 0.717) is 5.02 Å². The van der Waals surface area contributed by atoms with Gasteiger partial charge >= 0.3 is 5.97 Å². The van der Waals surface area contributed by atoms with Crippen LogP contribution in [0.25, 0.3) is 6.08 Å². The minimum absolute atomic E-state index is 0.662. The molecule has 0 aliphatic heterocycles. The molecule has 0 spiro atoms. The zero-order valence-corrected chi connectivity index (χ0v) is 12.2. The van der Waals surface area contributed by atoms with Crippen LogP contribution in [-0.2, 0) is 4.79 Å². The van der Waals surface area contributed by atoms with Gasteiger partial charge in [-0.15, -0.1) is 0 Å². The summed E-state index contributed by atoms with van der Waals surface area (Å²) >= 11 is 6.29. The minimum Gasteiger partial charge on any atom is -0.478 e. The predicted octanol–water partition coefficient (Wildman–Crippen LogP) is 4.06. The zero-order chi connectivity index (χ0) is 14.3. The van der Waals surface area contributed by atoms with Crippen LogP contribution in [-0.4, -0.2) is 24.2 Å². The average molecular weight is 282 g/mol. The van der Waals surface area contributed by atoms with Crippen LogP contribution in [0.15, 0.2) is 24.3 Å². The highest BCUT2D eigenvalue weighted by atomic mass is 35.5. The summed E-state index contributed by atoms with van der Waals surface area (Å²) in [4.78, 5) is 12.9. The molecule has 4 heteroatoms. The Morgan fingerprint density at radius 3 is 2.47 bits per heavy atom. The average Bonchev–Trinajstić information content (AvgIpc) is 2.36. The van der Waals surface area contributed by atoms with Crippen molar-refractivity contribution in [1.82, 2.24) is 0 Å². The Hall–Kier alpha value is -1.48. The Kier molecular flexibility index (Phi) is 6.43. The topological polar surface area (TPSA) is 40.5 Å². The van der Waals surface area contributed by atoms with Crippen LogP contribution in [0.3, 0.4) is 0 Å². The number of carbonyl (C=O) groups is 1. The lowest BCUT2D eigenvalue weighted by Crippen LogP contribution is -2.26. The standard InChI is InChI=1S/C15H20ClNO2/c1-3-10-17(11-4-2)15-12(8-9-14(18)19)6-5-7-13(15)16/h5-9H,3-4,10-11H2,1-2H3,(H,18,19)/b9-8+. The number of aliphatic carboxylic acids is 1. The van der Waals surface area contributed by atoms with Crippen LogP contribution >= 0.6 is 11.6 Å².